The lowest BCUT2D eigenvalue weighted by Gasteiger charge is -2.22. The van der Waals surface area contributed by atoms with Crippen molar-refractivity contribution in [2.45, 2.75) is 33.6 Å². The smallest absolute Gasteiger partial charge is 0.306 e. The normalized spacial score (nSPS) is 11.2. The van der Waals surface area contributed by atoms with Crippen molar-refractivity contribution in [2.24, 2.45) is 0 Å². The van der Waals surface area contributed by atoms with E-state index in [1.54, 1.807) is 6.92 Å². The van der Waals surface area contributed by atoms with Crippen molar-refractivity contribution >= 4 is 11.8 Å². The van der Waals surface area contributed by atoms with E-state index in [2.05, 4.69) is 33.7 Å². The highest BCUT2D eigenvalue weighted by Gasteiger charge is 2.09. The van der Waals surface area contributed by atoms with E-state index >= 15 is 0 Å². The Morgan fingerprint density at radius 3 is 1.95 bits per heavy atom. The van der Waals surface area contributed by atoms with Crippen molar-refractivity contribution in [2.75, 3.05) is 59.5 Å². The number of hydrogen-bond acceptors (Lipinski definition) is 6. The number of carbonyl (C=O) groups excluding carboxylic acids is 2. The highest BCUT2D eigenvalue weighted by Crippen LogP contribution is 1.96. The van der Waals surface area contributed by atoms with Crippen LogP contribution in [0.5, 0.6) is 0 Å². The van der Waals surface area contributed by atoms with Crippen molar-refractivity contribution in [3.8, 4) is 0 Å². The second-order valence-corrected chi connectivity index (χ2v) is 5.40. The third kappa shape index (κ3) is 11.7. The lowest BCUT2D eigenvalue weighted by Crippen LogP contribution is -2.38. The predicted molar refractivity (Wildman–Crippen MR) is 89.0 cm³/mol. The molecule has 0 heterocycles. The molecule has 0 aliphatic carbocycles. The number of ether oxygens (including phenoxy) is 1. The summed E-state index contributed by atoms with van der Waals surface area (Å²) in [6.07, 6.45) is 0.897. The minimum Gasteiger partial charge on any atom is -0.469 e. The molecule has 0 aliphatic heterocycles. The molecule has 0 aromatic heterocycles. The van der Waals surface area contributed by atoms with E-state index in [0.29, 0.717) is 25.9 Å². The van der Waals surface area contributed by atoms with E-state index in [1.807, 2.05) is 0 Å². The molecule has 0 amide bonds. The third-order valence-electron chi connectivity index (χ3n) is 3.74. The molecular weight excluding hydrogens is 282 g/mol. The fraction of sp³-hybridized carbons (Fsp3) is 0.875. The van der Waals surface area contributed by atoms with Crippen LogP contribution in [0.25, 0.3) is 0 Å². The zero-order chi connectivity index (χ0) is 16.8. The molecule has 6 nitrogen and oxygen atoms in total. The molecule has 0 fully saturated rings. The summed E-state index contributed by atoms with van der Waals surface area (Å²) in [6.45, 7) is 13.1. The lowest BCUT2D eigenvalue weighted by atomic mass is 10.2. The average Bonchev–Trinajstić information content (AvgIpc) is 2.52. The Balaban J connectivity index is 3.95. The van der Waals surface area contributed by atoms with E-state index < -0.39 is 0 Å². The number of esters is 1. The Labute approximate surface area is 135 Å². The monoisotopic (exact) mass is 315 g/mol. The molecule has 1 N–H and O–H groups in total. The number of methoxy groups -OCH3 is 1. The van der Waals surface area contributed by atoms with Gasteiger partial charge in [-0.05, 0) is 20.0 Å². The van der Waals surface area contributed by atoms with Gasteiger partial charge in [0.2, 0.25) is 0 Å². The Morgan fingerprint density at radius 2 is 1.45 bits per heavy atom. The Hall–Kier alpha value is -0.980. The summed E-state index contributed by atoms with van der Waals surface area (Å²) >= 11 is 0. The van der Waals surface area contributed by atoms with Gasteiger partial charge >= 0.3 is 5.97 Å². The van der Waals surface area contributed by atoms with Gasteiger partial charge in [0.1, 0.15) is 5.78 Å². The van der Waals surface area contributed by atoms with Gasteiger partial charge in [0, 0.05) is 45.7 Å². The molecular formula is C16H33N3O3. The number of hydrogen-bond donors (Lipinski definition) is 1. The summed E-state index contributed by atoms with van der Waals surface area (Å²) in [7, 11) is 1.40. The van der Waals surface area contributed by atoms with E-state index in [1.165, 1.54) is 7.11 Å². The number of ketones is 1. The summed E-state index contributed by atoms with van der Waals surface area (Å²) in [5.74, 6) is -0.0279. The van der Waals surface area contributed by atoms with Crippen LogP contribution >= 0.6 is 0 Å². The molecule has 0 saturated heterocycles. The summed E-state index contributed by atoms with van der Waals surface area (Å²) in [6, 6.07) is 0. The van der Waals surface area contributed by atoms with Crippen molar-refractivity contribution in [3.63, 3.8) is 0 Å². The average molecular weight is 315 g/mol. The molecule has 0 radical (unpaired) electrons. The summed E-state index contributed by atoms with van der Waals surface area (Å²) < 4.78 is 4.67. The lowest BCUT2D eigenvalue weighted by molar-refractivity contribution is -0.140. The van der Waals surface area contributed by atoms with Crippen molar-refractivity contribution in [1.29, 1.82) is 0 Å². The van der Waals surface area contributed by atoms with Crippen LogP contribution in [0.1, 0.15) is 33.6 Å². The topological polar surface area (TPSA) is 61.9 Å². The Morgan fingerprint density at radius 1 is 0.909 bits per heavy atom. The van der Waals surface area contributed by atoms with Crippen LogP contribution < -0.4 is 5.32 Å². The van der Waals surface area contributed by atoms with Gasteiger partial charge in [-0.15, -0.1) is 0 Å². The molecule has 0 rings (SSSR count). The highest BCUT2D eigenvalue weighted by atomic mass is 16.5. The van der Waals surface area contributed by atoms with E-state index in [-0.39, 0.29) is 11.8 Å². The quantitative estimate of drug-likeness (QED) is 0.377. The third-order valence-corrected chi connectivity index (χ3v) is 3.74. The van der Waals surface area contributed by atoms with Crippen LogP contribution in [0.4, 0.5) is 0 Å². The first-order chi connectivity index (χ1) is 10.5. The first-order valence-corrected chi connectivity index (χ1v) is 8.25. The molecule has 0 bridgehead atoms. The van der Waals surface area contributed by atoms with Crippen LogP contribution in [0, 0.1) is 0 Å². The molecule has 0 spiro atoms. The molecule has 130 valence electrons. The first kappa shape index (κ1) is 21.0. The van der Waals surface area contributed by atoms with E-state index in [0.717, 1.165) is 39.3 Å². The molecule has 0 aromatic rings. The van der Waals surface area contributed by atoms with Crippen LogP contribution in [0.3, 0.4) is 0 Å². The minimum atomic E-state index is -0.206. The number of Topliss-reactive ketones (excluding diaryl/α,β-unsaturated/α-hetero) is 1. The Bertz CT molecular complexity index is 307. The fourth-order valence-corrected chi connectivity index (χ4v) is 2.14. The molecule has 0 atom stereocenters. The predicted octanol–water partition coefficient (Wildman–Crippen LogP) is 0.762. The van der Waals surface area contributed by atoms with Gasteiger partial charge in [-0.25, -0.2) is 0 Å². The van der Waals surface area contributed by atoms with Crippen molar-refractivity contribution in [3.05, 3.63) is 0 Å². The fourth-order valence-electron chi connectivity index (χ4n) is 2.14. The van der Waals surface area contributed by atoms with Crippen LogP contribution in [0.15, 0.2) is 0 Å². The second-order valence-electron chi connectivity index (χ2n) is 5.40. The number of nitrogens with zero attached hydrogens (tertiary/aromatic N) is 2. The zero-order valence-corrected chi connectivity index (χ0v) is 14.7. The molecule has 0 saturated carbocycles. The maximum atomic E-state index is 11.2. The van der Waals surface area contributed by atoms with Gasteiger partial charge in [0.05, 0.1) is 13.5 Å². The van der Waals surface area contributed by atoms with Crippen LogP contribution in [-0.4, -0.2) is 81.0 Å². The summed E-state index contributed by atoms with van der Waals surface area (Å²) in [5, 5.41) is 3.42. The first-order valence-electron chi connectivity index (χ1n) is 8.25. The molecule has 0 aromatic carbocycles. The van der Waals surface area contributed by atoms with Crippen LogP contribution in [0.2, 0.25) is 0 Å². The molecule has 0 aliphatic rings. The number of likely N-dealkylation sites (N-methyl/N-ethyl adjacent to an activating group) is 1. The van der Waals surface area contributed by atoms with Gasteiger partial charge < -0.3 is 19.9 Å². The van der Waals surface area contributed by atoms with Gasteiger partial charge in [0.15, 0.2) is 0 Å². The molecule has 0 unspecified atom stereocenters. The largest absolute Gasteiger partial charge is 0.469 e. The van der Waals surface area contributed by atoms with Gasteiger partial charge in [-0.1, -0.05) is 13.8 Å². The van der Waals surface area contributed by atoms with Gasteiger partial charge in [-0.2, -0.15) is 0 Å². The summed E-state index contributed by atoms with van der Waals surface area (Å²) in [5.41, 5.74) is 0. The van der Waals surface area contributed by atoms with Crippen LogP contribution in [-0.2, 0) is 14.3 Å². The second kappa shape index (κ2) is 13.7. The molecule has 22 heavy (non-hydrogen) atoms. The van der Waals surface area contributed by atoms with E-state index in [4.69, 9.17) is 0 Å². The number of rotatable bonds is 14. The highest BCUT2D eigenvalue weighted by molar-refractivity contribution is 5.75. The minimum absolute atomic E-state index is 0.178. The zero-order valence-electron chi connectivity index (χ0n) is 14.7. The Kier molecular flexibility index (Phi) is 13.1. The molecule has 6 heteroatoms. The number of carbonyl (C=O) groups is 2. The maximum Gasteiger partial charge on any atom is 0.306 e. The number of nitrogens with one attached hydrogen (secondary N) is 1. The standard InChI is InChI=1S/C16H33N3O3/c1-5-18(6-2)13-9-17-10-14-19(11-7-15(3)20)12-8-16(21)22-4/h17H,5-14H2,1-4H3. The van der Waals surface area contributed by atoms with E-state index in [9.17, 15) is 9.59 Å². The maximum absolute atomic E-state index is 11.2. The van der Waals surface area contributed by atoms with Crippen molar-refractivity contribution < 1.29 is 14.3 Å². The SMILES string of the molecule is CCN(CC)CCNCCN(CCC(C)=O)CCC(=O)OC. The van der Waals surface area contributed by atoms with Gasteiger partial charge in [0.25, 0.3) is 0 Å². The van der Waals surface area contributed by atoms with Gasteiger partial charge in [-0.3, -0.25) is 9.59 Å². The summed E-state index contributed by atoms with van der Waals surface area (Å²) in [4.78, 5) is 26.9. The van der Waals surface area contributed by atoms with Crippen molar-refractivity contribution in [1.82, 2.24) is 15.1 Å².